The first kappa shape index (κ1) is 14.5. The molecule has 1 N–H and O–H groups in total. The summed E-state index contributed by atoms with van der Waals surface area (Å²) in [5.41, 5.74) is 0.388. The summed E-state index contributed by atoms with van der Waals surface area (Å²) in [6.07, 6.45) is 6.89. The summed E-state index contributed by atoms with van der Waals surface area (Å²) in [5, 5.41) is 5.89. The van der Waals surface area contributed by atoms with Gasteiger partial charge >= 0.3 is 0 Å². The lowest BCUT2D eigenvalue weighted by atomic mass is 9.79. The average molecular weight is 294 g/mol. The highest BCUT2D eigenvalue weighted by Crippen LogP contribution is 2.34. The van der Waals surface area contributed by atoms with E-state index in [-0.39, 0.29) is 0 Å². The fourth-order valence-electron chi connectivity index (χ4n) is 3.68. The van der Waals surface area contributed by atoms with Gasteiger partial charge in [-0.05, 0) is 24.3 Å². The van der Waals surface area contributed by atoms with Crippen molar-refractivity contribution in [3.8, 4) is 0 Å². The molecule has 1 aromatic heterocycles. The number of nitrogens with zero attached hydrogens (tertiary/aromatic N) is 1. The fraction of sp³-hybridized carbons (Fsp3) is 0.750. The lowest BCUT2D eigenvalue weighted by Crippen LogP contribution is -2.59. The van der Waals surface area contributed by atoms with Crippen molar-refractivity contribution in [3.63, 3.8) is 0 Å². The number of thiophene rings is 1. The minimum atomic E-state index is 0.388. The smallest absolute Gasteiger partial charge is 0.0594 e. The van der Waals surface area contributed by atoms with Crippen LogP contribution in [0.15, 0.2) is 17.5 Å². The Morgan fingerprint density at radius 1 is 1.20 bits per heavy atom. The lowest BCUT2D eigenvalue weighted by molar-refractivity contribution is -0.0369. The van der Waals surface area contributed by atoms with Crippen molar-refractivity contribution in [2.24, 2.45) is 0 Å². The molecular formula is C16H26N2OS. The van der Waals surface area contributed by atoms with E-state index >= 15 is 0 Å². The molecule has 20 heavy (non-hydrogen) atoms. The molecule has 3 rings (SSSR count). The third-order valence-corrected chi connectivity index (χ3v) is 5.68. The summed E-state index contributed by atoms with van der Waals surface area (Å²) >= 11 is 1.85. The van der Waals surface area contributed by atoms with E-state index in [1.54, 1.807) is 0 Å². The molecule has 0 aromatic carbocycles. The van der Waals surface area contributed by atoms with Gasteiger partial charge in [0.1, 0.15) is 0 Å². The van der Waals surface area contributed by atoms with Crippen molar-refractivity contribution >= 4 is 11.3 Å². The van der Waals surface area contributed by atoms with Crippen LogP contribution < -0.4 is 5.32 Å². The van der Waals surface area contributed by atoms with Crippen molar-refractivity contribution in [1.82, 2.24) is 10.2 Å². The number of morpholine rings is 1. The van der Waals surface area contributed by atoms with Crippen molar-refractivity contribution in [2.75, 3.05) is 32.8 Å². The maximum Gasteiger partial charge on any atom is 0.0594 e. The molecule has 4 heteroatoms. The molecule has 0 bridgehead atoms. The Labute approximate surface area is 126 Å². The third-order valence-electron chi connectivity index (χ3n) is 4.80. The highest BCUT2D eigenvalue weighted by molar-refractivity contribution is 7.09. The summed E-state index contributed by atoms with van der Waals surface area (Å²) in [5.74, 6) is 0. The number of rotatable bonds is 5. The summed E-state index contributed by atoms with van der Waals surface area (Å²) in [6.45, 7) is 6.19. The monoisotopic (exact) mass is 294 g/mol. The number of hydrogen-bond acceptors (Lipinski definition) is 4. The van der Waals surface area contributed by atoms with Crippen LogP contribution in [0.25, 0.3) is 0 Å². The van der Waals surface area contributed by atoms with E-state index in [2.05, 4.69) is 27.7 Å². The fourth-order valence-corrected chi connectivity index (χ4v) is 4.36. The van der Waals surface area contributed by atoms with Crippen molar-refractivity contribution in [1.29, 1.82) is 0 Å². The van der Waals surface area contributed by atoms with Crippen LogP contribution in [0, 0.1) is 0 Å². The molecule has 1 aliphatic carbocycles. The highest BCUT2D eigenvalue weighted by atomic mass is 32.1. The SMILES string of the molecule is c1csc(CNCC2(N3CCOCC3)CCCCC2)c1. The quantitative estimate of drug-likeness (QED) is 0.904. The molecule has 2 heterocycles. The molecule has 1 aromatic rings. The van der Waals surface area contributed by atoms with E-state index in [4.69, 9.17) is 4.74 Å². The normalized spacial score (nSPS) is 23.8. The molecule has 0 spiro atoms. The summed E-state index contributed by atoms with van der Waals surface area (Å²) in [6, 6.07) is 4.36. The molecule has 0 amide bonds. The van der Waals surface area contributed by atoms with E-state index < -0.39 is 0 Å². The first-order valence-corrected chi connectivity index (χ1v) is 8.83. The van der Waals surface area contributed by atoms with Gasteiger partial charge in [0.15, 0.2) is 0 Å². The molecule has 112 valence electrons. The Morgan fingerprint density at radius 3 is 2.70 bits per heavy atom. The topological polar surface area (TPSA) is 24.5 Å². The Balaban J connectivity index is 1.59. The van der Waals surface area contributed by atoms with E-state index in [9.17, 15) is 0 Å². The number of ether oxygens (including phenoxy) is 1. The molecule has 0 unspecified atom stereocenters. The maximum absolute atomic E-state index is 5.54. The van der Waals surface area contributed by atoms with Gasteiger partial charge in [0.25, 0.3) is 0 Å². The van der Waals surface area contributed by atoms with Crippen LogP contribution >= 0.6 is 11.3 Å². The Morgan fingerprint density at radius 2 is 2.00 bits per heavy atom. The van der Waals surface area contributed by atoms with Crippen LogP contribution in [-0.4, -0.2) is 43.3 Å². The minimum absolute atomic E-state index is 0.388. The van der Waals surface area contributed by atoms with Crippen molar-refractivity contribution in [2.45, 2.75) is 44.2 Å². The van der Waals surface area contributed by atoms with Crippen LogP contribution in [0.2, 0.25) is 0 Å². The van der Waals surface area contributed by atoms with Gasteiger partial charge in [0, 0.05) is 36.6 Å². The van der Waals surface area contributed by atoms with Gasteiger partial charge < -0.3 is 10.1 Å². The van der Waals surface area contributed by atoms with E-state index in [1.165, 1.54) is 37.0 Å². The second-order valence-corrected chi connectivity index (χ2v) is 7.10. The average Bonchev–Trinajstić information content (AvgIpc) is 3.02. The zero-order valence-corrected chi connectivity index (χ0v) is 13.1. The van der Waals surface area contributed by atoms with Crippen LogP contribution in [0.4, 0.5) is 0 Å². The third kappa shape index (κ3) is 3.42. The van der Waals surface area contributed by atoms with E-state index in [0.29, 0.717) is 5.54 Å². The molecule has 2 aliphatic rings. The second-order valence-electron chi connectivity index (χ2n) is 6.07. The zero-order chi connectivity index (χ0) is 13.7. The second kappa shape index (κ2) is 7.03. The van der Waals surface area contributed by atoms with Gasteiger partial charge in [-0.15, -0.1) is 11.3 Å². The van der Waals surface area contributed by atoms with Crippen molar-refractivity contribution < 1.29 is 4.74 Å². The molecule has 3 nitrogen and oxygen atoms in total. The first-order chi connectivity index (χ1) is 9.89. The van der Waals surface area contributed by atoms with Crippen LogP contribution in [0.3, 0.4) is 0 Å². The van der Waals surface area contributed by atoms with Crippen LogP contribution in [0.5, 0.6) is 0 Å². The number of hydrogen-bond donors (Lipinski definition) is 1. The zero-order valence-electron chi connectivity index (χ0n) is 12.3. The van der Waals surface area contributed by atoms with Crippen LogP contribution in [-0.2, 0) is 11.3 Å². The summed E-state index contributed by atoms with van der Waals surface area (Å²) in [4.78, 5) is 4.15. The minimum Gasteiger partial charge on any atom is -0.379 e. The van der Waals surface area contributed by atoms with Crippen molar-refractivity contribution in [3.05, 3.63) is 22.4 Å². The van der Waals surface area contributed by atoms with Gasteiger partial charge in [0.2, 0.25) is 0 Å². The predicted octanol–water partition coefficient (Wildman–Crippen LogP) is 2.87. The molecule has 0 radical (unpaired) electrons. The van der Waals surface area contributed by atoms with Gasteiger partial charge in [-0.25, -0.2) is 0 Å². The first-order valence-electron chi connectivity index (χ1n) is 7.95. The Hall–Kier alpha value is -0.420. The molecule has 1 saturated heterocycles. The molecular weight excluding hydrogens is 268 g/mol. The largest absolute Gasteiger partial charge is 0.379 e. The molecule has 1 saturated carbocycles. The van der Waals surface area contributed by atoms with Gasteiger partial charge in [0.05, 0.1) is 13.2 Å². The van der Waals surface area contributed by atoms with Crippen LogP contribution in [0.1, 0.15) is 37.0 Å². The lowest BCUT2D eigenvalue weighted by Gasteiger charge is -2.48. The molecule has 2 fully saturated rings. The highest BCUT2D eigenvalue weighted by Gasteiger charge is 2.38. The van der Waals surface area contributed by atoms with Gasteiger partial charge in [-0.1, -0.05) is 25.3 Å². The van der Waals surface area contributed by atoms with E-state index in [1.807, 2.05) is 11.3 Å². The summed E-state index contributed by atoms with van der Waals surface area (Å²) < 4.78 is 5.54. The standard InChI is InChI=1S/C16H26N2OS/c1-2-6-16(7-3-1,18-8-10-19-11-9-18)14-17-13-15-5-4-12-20-15/h4-5,12,17H,1-3,6-11,13-14H2. The Kier molecular flexibility index (Phi) is 5.10. The summed E-state index contributed by atoms with van der Waals surface area (Å²) in [7, 11) is 0. The van der Waals surface area contributed by atoms with Gasteiger partial charge in [-0.3, -0.25) is 4.90 Å². The molecule has 1 aliphatic heterocycles. The maximum atomic E-state index is 5.54. The van der Waals surface area contributed by atoms with E-state index in [0.717, 1.165) is 39.4 Å². The molecule has 0 atom stereocenters. The predicted molar refractivity (Wildman–Crippen MR) is 84.2 cm³/mol. The number of nitrogens with one attached hydrogen (secondary N) is 1. The van der Waals surface area contributed by atoms with Gasteiger partial charge in [-0.2, -0.15) is 0 Å². The Bertz CT molecular complexity index is 381.